The van der Waals surface area contributed by atoms with Crippen LogP contribution in [-0.2, 0) is 0 Å². The van der Waals surface area contributed by atoms with E-state index in [9.17, 15) is 0 Å². The molecule has 2 N–H and O–H groups in total. The van der Waals surface area contributed by atoms with Crippen molar-refractivity contribution < 1.29 is 0 Å². The number of nitrogens with zero attached hydrogens (tertiary/aromatic N) is 4. The molecule has 0 aliphatic heterocycles. The molecule has 0 radical (unpaired) electrons. The Bertz CT molecular complexity index is 746. The van der Waals surface area contributed by atoms with Gasteiger partial charge in [0.15, 0.2) is 0 Å². The number of nitrogen functional groups attached to an aromatic ring is 1. The molecule has 100 valence electrons. The van der Waals surface area contributed by atoms with Crippen molar-refractivity contribution in [3.05, 3.63) is 54.0 Å². The highest BCUT2D eigenvalue weighted by Gasteiger charge is 2.15. The molecule has 2 aromatic heterocycles. The Hall–Kier alpha value is -2.69. The number of benzene rings is 1. The zero-order valence-electron chi connectivity index (χ0n) is 11.4. The second-order valence-corrected chi connectivity index (χ2v) is 4.59. The van der Waals surface area contributed by atoms with Gasteiger partial charge in [-0.2, -0.15) is 5.10 Å². The Morgan fingerprint density at radius 1 is 1.05 bits per heavy atom. The Kier molecular flexibility index (Phi) is 2.95. The van der Waals surface area contributed by atoms with E-state index in [1.54, 1.807) is 6.20 Å². The molecule has 0 amide bonds. The van der Waals surface area contributed by atoms with E-state index < -0.39 is 0 Å². The lowest BCUT2D eigenvalue weighted by Crippen LogP contribution is -1.99. The Morgan fingerprint density at radius 2 is 1.80 bits per heavy atom. The number of anilines is 1. The summed E-state index contributed by atoms with van der Waals surface area (Å²) < 4.78 is 1.92. The third-order valence-electron chi connectivity index (χ3n) is 3.22. The first-order valence-corrected chi connectivity index (χ1v) is 6.37. The zero-order chi connectivity index (χ0) is 14.1. The summed E-state index contributed by atoms with van der Waals surface area (Å²) in [6.45, 7) is 4.00. The number of para-hydroxylation sites is 1. The molecule has 0 aliphatic carbocycles. The van der Waals surface area contributed by atoms with Gasteiger partial charge in [0.2, 0.25) is 5.95 Å². The molecule has 0 bridgehead atoms. The van der Waals surface area contributed by atoms with Gasteiger partial charge in [-0.25, -0.2) is 14.6 Å². The minimum Gasteiger partial charge on any atom is -0.368 e. The summed E-state index contributed by atoms with van der Waals surface area (Å²) in [5.74, 6) is 0.272. The number of hydrogen-bond donors (Lipinski definition) is 1. The molecule has 0 aliphatic rings. The molecule has 20 heavy (non-hydrogen) atoms. The van der Waals surface area contributed by atoms with E-state index >= 15 is 0 Å². The van der Waals surface area contributed by atoms with Crippen molar-refractivity contribution in [1.29, 1.82) is 0 Å². The van der Waals surface area contributed by atoms with Gasteiger partial charge in [0.1, 0.15) is 0 Å². The molecule has 2 heterocycles. The van der Waals surface area contributed by atoms with Crippen LogP contribution < -0.4 is 5.73 Å². The number of nitrogens with two attached hydrogens (primary N) is 1. The second-order valence-electron chi connectivity index (χ2n) is 4.59. The Morgan fingerprint density at radius 3 is 2.50 bits per heavy atom. The molecule has 5 heteroatoms. The molecule has 1 aromatic carbocycles. The van der Waals surface area contributed by atoms with Crippen molar-refractivity contribution in [1.82, 2.24) is 19.7 Å². The molecule has 3 rings (SSSR count). The maximum absolute atomic E-state index is 5.66. The number of aryl methyl sites for hydroxylation is 1. The van der Waals surface area contributed by atoms with Crippen LogP contribution in [0.4, 0.5) is 5.95 Å². The van der Waals surface area contributed by atoms with Gasteiger partial charge in [-0.05, 0) is 32.0 Å². The van der Waals surface area contributed by atoms with Crippen LogP contribution in [0, 0.1) is 13.8 Å². The van der Waals surface area contributed by atoms with E-state index in [1.807, 2.05) is 54.9 Å². The predicted octanol–water partition coefficient (Wildman–Crippen LogP) is 2.53. The fourth-order valence-electron chi connectivity index (χ4n) is 2.35. The topological polar surface area (TPSA) is 69.6 Å². The fourth-order valence-corrected chi connectivity index (χ4v) is 2.35. The van der Waals surface area contributed by atoms with Crippen LogP contribution in [0.15, 0.2) is 42.6 Å². The monoisotopic (exact) mass is 265 g/mol. The Labute approximate surface area is 117 Å². The third kappa shape index (κ3) is 2.03. The minimum absolute atomic E-state index is 0.272. The average molecular weight is 265 g/mol. The summed E-state index contributed by atoms with van der Waals surface area (Å²) >= 11 is 0. The molecule has 0 spiro atoms. The fraction of sp³-hybridized carbons (Fsp3) is 0.133. The van der Waals surface area contributed by atoms with E-state index in [1.165, 1.54) is 0 Å². The number of hydrogen-bond acceptors (Lipinski definition) is 4. The van der Waals surface area contributed by atoms with Crippen LogP contribution in [0.2, 0.25) is 0 Å². The van der Waals surface area contributed by atoms with Gasteiger partial charge in [-0.1, -0.05) is 18.2 Å². The van der Waals surface area contributed by atoms with Crippen LogP contribution in [0.1, 0.15) is 11.4 Å². The minimum atomic E-state index is 0.272. The lowest BCUT2D eigenvalue weighted by atomic mass is 10.1. The molecule has 3 aromatic rings. The maximum atomic E-state index is 5.66. The molecule has 0 saturated heterocycles. The quantitative estimate of drug-likeness (QED) is 0.773. The van der Waals surface area contributed by atoms with Crippen LogP contribution in [0.5, 0.6) is 0 Å². The summed E-state index contributed by atoms with van der Waals surface area (Å²) in [4.78, 5) is 8.21. The standard InChI is InChI=1S/C15H15N5/c1-10-14(13-8-9-17-15(16)18-13)11(2)20(19-10)12-6-4-3-5-7-12/h3-9H,1-2H3,(H2,16,17,18). The molecule has 5 nitrogen and oxygen atoms in total. The zero-order valence-corrected chi connectivity index (χ0v) is 11.4. The van der Waals surface area contributed by atoms with E-state index in [4.69, 9.17) is 5.73 Å². The predicted molar refractivity (Wildman–Crippen MR) is 78.5 cm³/mol. The highest BCUT2D eigenvalue weighted by Crippen LogP contribution is 2.27. The summed E-state index contributed by atoms with van der Waals surface area (Å²) in [5.41, 5.74) is 10.5. The lowest BCUT2D eigenvalue weighted by molar-refractivity contribution is 0.834. The van der Waals surface area contributed by atoms with E-state index in [2.05, 4.69) is 15.1 Å². The van der Waals surface area contributed by atoms with Crippen LogP contribution >= 0.6 is 0 Å². The van der Waals surface area contributed by atoms with E-state index in [0.29, 0.717) is 0 Å². The van der Waals surface area contributed by atoms with Gasteiger partial charge >= 0.3 is 0 Å². The normalized spacial score (nSPS) is 10.7. The average Bonchev–Trinajstić information content (AvgIpc) is 2.75. The summed E-state index contributed by atoms with van der Waals surface area (Å²) in [6.07, 6.45) is 1.66. The van der Waals surface area contributed by atoms with Gasteiger partial charge in [0.25, 0.3) is 0 Å². The summed E-state index contributed by atoms with van der Waals surface area (Å²) in [6, 6.07) is 11.9. The first-order valence-electron chi connectivity index (χ1n) is 6.37. The maximum Gasteiger partial charge on any atom is 0.220 e. The largest absolute Gasteiger partial charge is 0.368 e. The molecule has 0 saturated carbocycles. The SMILES string of the molecule is Cc1nn(-c2ccccc2)c(C)c1-c1ccnc(N)n1. The van der Waals surface area contributed by atoms with Gasteiger partial charge in [0, 0.05) is 11.8 Å². The first-order chi connectivity index (χ1) is 9.66. The molecular formula is C15H15N5. The van der Waals surface area contributed by atoms with Gasteiger partial charge in [0.05, 0.1) is 22.8 Å². The summed E-state index contributed by atoms with van der Waals surface area (Å²) in [7, 11) is 0. The molecule has 0 unspecified atom stereocenters. The highest BCUT2D eigenvalue weighted by molar-refractivity contribution is 5.66. The third-order valence-corrected chi connectivity index (χ3v) is 3.22. The van der Waals surface area contributed by atoms with Crippen LogP contribution in [0.3, 0.4) is 0 Å². The van der Waals surface area contributed by atoms with Crippen LogP contribution in [0.25, 0.3) is 16.9 Å². The van der Waals surface area contributed by atoms with Gasteiger partial charge < -0.3 is 5.73 Å². The Balaban J connectivity index is 2.17. The van der Waals surface area contributed by atoms with Crippen molar-refractivity contribution in [2.75, 3.05) is 5.73 Å². The smallest absolute Gasteiger partial charge is 0.220 e. The van der Waals surface area contributed by atoms with Crippen molar-refractivity contribution >= 4 is 5.95 Å². The van der Waals surface area contributed by atoms with Gasteiger partial charge in [-0.3, -0.25) is 0 Å². The van der Waals surface area contributed by atoms with E-state index in [-0.39, 0.29) is 5.95 Å². The van der Waals surface area contributed by atoms with Crippen molar-refractivity contribution in [3.63, 3.8) is 0 Å². The van der Waals surface area contributed by atoms with Crippen molar-refractivity contribution in [2.24, 2.45) is 0 Å². The molecule has 0 atom stereocenters. The van der Waals surface area contributed by atoms with E-state index in [0.717, 1.165) is 28.3 Å². The number of rotatable bonds is 2. The molecular weight excluding hydrogens is 250 g/mol. The first kappa shape index (κ1) is 12.3. The number of aromatic nitrogens is 4. The second kappa shape index (κ2) is 4.77. The van der Waals surface area contributed by atoms with Gasteiger partial charge in [-0.15, -0.1) is 0 Å². The van der Waals surface area contributed by atoms with Crippen LogP contribution in [-0.4, -0.2) is 19.7 Å². The van der Waals surface area contributed by atoms with Crippen molar-refractivity contribution in [3.8, 4) is 16.9 Å². The molecule has 0 fully saturated rings. The summed E-state index contributed by atoms with van der Waals surface area (Å²) in [5, 5.41) is 4.60. The highest BCUT2D eigenvalue weighted by atomic mass is 15.3. The lowest BCUT2D eigenvalue weighted by Gasteiger charge is -2.05. The van der Waals surface area contributed by atoms with Crippen molar-refractivity contribution in [2.45, 2.75) is 13.8 Å².